The van der Waals surface area contributed by atoms with Gasteiger partial charge in [0.25, 0.3) is 0 Å². The molecule has 1 aromatic heterocycles. The van der Waals surface area contributed by atoms with Crippen molar-refractivity contribution >= 4 is 17.2 Å². The molecule has 2 unspecified atom stereocenters. The fourth-order valence-corrected chi connectivity index (χ4v) is 2.93. The molecule has 100 valence electrons. The van der Waals surface area contributed by atoms with Crippen LogP contribution >= 0.6 is 11.3 Å². The van der Waals surface area contributed by atoms with Gasteiger partial charge in [0.2, 0.25) is 5.91 Å². The van der Waals surface area contributed by atoms with Crippen LogP contribution in [0.3, 0.4) is 0 Å². The molecule has 1 aliphatic heterocycles. The third-order valence-corrected chi connectivity index (χ3v) is 3.96. The molecule has 2 atom stereocenters. The molecule has 0 aromatic carbocycles. The van der Waals surface area contributed by atoms with Crippen molar-refractivity contribution in [3.63, 3.8) is 0 Å². The minimum atomic E-state index is -0.0910. The molecule has 18 heavy (non-hydrogen) atoms. The van der Waals surface area contributed by atoms with Crippen molar-refractivity contribution in [3.05, 3.63) is 22.4 Å². The van der Waals surface area contributed by atoms with Crippen LogP contribution in [-0.2, 0) is 9.53 Å². The van der Waals surface area contributed by atoms with Crippen molar-refractivity contribution in [3.8, 4) is 0 Å². The number of nitrogens with one attached hydrogen (secondary N) is 1. The maximum Gasteiger partial charge on any atom is 0.241 e. The number of methoxy groups -OCH3 is 1. The highest BCUT2D eigenvalue weighted by Gasteiger charge is 2.40. The Morgan fingerprint density at radius 3 is 2.89 bits per heavy atom. The average Bonchev–Trinajstić information content (AvgIpc) is 2.94. The van der Waals surface area contributed by atoms with Gasteiger partial charge in [-0.25, -0.2) is 0 Å². The van der Waals surface area contributed by atoms with E-state index in [0.29, 0.717) is 19.1 Å². The third-order valence-electron chi connectivity index (χ3n) is 3.26. The summed E-state index contributed by atoms with van der Waals surface area (Å²) < 4.78 is 5.09. The first-order valence-electron chi connectivity index (χ1n) is 6.22. The molecule has 1 amide bonds. The monoisotopic (exact) mass is 268 g/mol. The highest BCUT2D eigenvalue weighted by atomic mass is 32.1. The summed E-state index contributed by atoms with van der Waals surface area (Å²) in [6, 6.07) is 1.98. The van der Waals surface area contributed by atoms with Crippen LogP contribution in [0.4, 0.5) is 0 Å². The Hall–Kier alpha value is -0.910. The van der Waals surface area contributed by atoms with Gasteiger partial charge < -0.3 is 9.64 Å². The van der Waals surface area contributed by atoms with E-state index in [2.05, 4.69) is 30.6 Å². The molecule has 1 aromatic rings. The lowest BCUT2D eigenvalue weighted by atomic mass is 10.1. The molecule has 5 heteroatoms. The van der Waals surface area contributed by atoms with Gasteiger partial charge in [0.15, 0.2) is 0 Å². The van der Waals surface area contributed by atoms with Crippen LogP contribution in [0.25, 0.3) is 0 Å². The Balaban J connectivity index is 2.18. The van der Waals surface area contributed by atoms with Crippen molar-refractivity contribution in [1.82, 2.24) is 10.2 Å². The second kappa shape index (κ2) is 5.82. The smallest absolute Gasteiger partial charge is 0.241 e. The summed E-state index contributed by atoms with van der Waals surface area (Å²) in [7, 11) is 1.66. The Morgan fingerprint density at radius 1 is 1.56 bits per heavy atom. The predicted molar refractivity (Wildman–Crippen MR) is 72.4 cm³/mol. The van der Waals surface area contributed by atoms with Crippen LogP contribution < -0.4 is 5.32 Å². The zero-order valence-electron chi connectivity index (χ0n) is 11.1. The maximum absolute atomic E-state index is 12.4. The van der Waals surface area contributed by atoms with Gasteiger partial charge in [-0.3, -0.25) is 10.1 Å². The zero-order chi connectivity index (χ0) is 13.1. The Morgan fingerprint density at radius 2 is 2.33 bits per heavy atom. The summed E-state index contributed by atoms with van der Waals surface area (Å²) in [4.78, 5) is 14.3. The summed E-state index contributed by atoms with van der Waals surface area (Å²) in [5.74, 6) is 0.476. The summed E-state index contributed by atoms with van der Waals surface area (Å²) in [5, 5.41) is 7.56. The molecular weight excluding hydrogens is 248 g/mol. The van der Waals surface area contributed by atoms with Crippen LogP contribution in [0.15, 0.2) is 16.8 Å². The van der Waals surface area contributed by atoms with Gasteiger partial charge >= 0.3 is 0 Å². The van der Waals surface area contributed by atoms with Gasteiger partial charge in [-0.2, -0.15) is 11.3 Å². The molecular formula is C13H20N2O2S. The number of ether oxygens (including phenoxy) is 1. The highest BCUT2D eigenvalue weighted by molar-refractivity contribution is 7.07. The lowest BCUT2D eigenvalue weighted by Crippen LogP contribution is -2.35. The molecule has 1 N–H and O–H groups in total. The van der Waals surface area contributed by atoms with Crippen LogP contribution in [0, 0.1) is 5.92 Å². The lowest BCUT2D eigenvalue weighted by Gasteiger charge is -2.23. The maximum atomic E-state index is 12.4. The van der Waals surface area contributed by atoms with Gasteiger partial charge in [-0.15, -0.1) is 0 Å². The number of amides is 1. The number of nitrogens with zero attached hydrogens (tertiary/aromatic N) is 1. The molecule has 1 fully saturated rings. The van der Waals surface area contributed by atoms with Gasteiger partial charge in [0.1, 0.15) is 6.17 Å². The van der Waals surface area contributed by atoms with Crippen molar-refractivity contribution in [2.24, 2.45) is 5.92 Å². The Labute approximate surface area is 112 Å². The molecule has 0 bridgehead atoms. The van der Waals surface area contributed by atoms with E-state index >= 15 is 0 Å². The molecule has 2 heterocycles. The van der Waals surface area contributed by atoms with Gasteiger partial charge in [0.05, 0.1) is 12.6 Å². The highest BCUT2D eigenvalue weighted by Crippen LogP contribution is 2.28. The van der Waals surface area contributed by atoms with Crippen LogP contribution in [0.1, 0.15) is 25.6 Å². The topological polar surface area (TPSA) is 41.6 Å². The molecule has 4 nitrogen and oxygen atoms in total. The minimum Gasteiger partial charge on any atom is -0.383 e. The van der Waals surface area contributed by atoms with Gasteiger partial charge in [-0.05, 0) is 28.3 Å². The SMILES string of the molecule is COCCN1C(=O)C(C(C)C)NC1c1ccsc1. The molecule has 1 saturated heterocycles. The van der Waals surface area contributed by atoms with E-state index in [-0.39, 0.29) is 18.1 Å². The summed E-state index contributed by atoms with van der Waals surface area (Å²) in [6.07, 6.45) is -0.00806. The quantitative estimate of drug-likeness (QED) is 0.886. The molecule has 0 spiro atoms. The largest absolute Gasteiger partial charge is 0.383 e. The summed E-state index contributed by atoms with van der Waals surface area (Å²) in [6.45, 7) is 5.34. The van der Waals surface area contributed by atoms with Gasteiger partial charge in [-0.1, -0.05) is 13.8 Å². The number of rotatable bonds is 5. The van der Waals surface area contributed by atoms with Gasteiger partial charge in [0, 0.05) is 13.7 Å². The van der Waals surface area contributed by atoms with E-state index in [1.165, 1.54) is 0 Å². The van der Waals surface area contributed by atoms with Crippen molar-refractivity contribution in [1.29, 1.82) is 0 Å². The fourth-order valence-electron chi connectivity index (χ4n) is 2.25. The lowest BCUT2D eigenvalue weighted by molar-refractivity contribution is -0.131. The second-order valence-corrected chi connectivity index (χ2v) is 5.65. The molecule has 0 saturated carbocycles. The number of hydrogen-bond donors (Lipinski definition) is 1. The van der Waals surface area contributed by atoms with Crippen LogP contribution in [0.2, 0.25) is 0 Å². The third kappa shape index (κ3) is 2.58. The van der Waals surface area contributed by atoms with E-state index in [1.54, 1.807) is 18.4 Å². The first kappa shape index (κ1) is 13.5. The average molecular weight is 268 g/mol. The van der Waals surface area contributed by atoms with Crippen molar-refractivity contribution in [2.75, 3.05) is 20.3 Å². The van der Waals surface area contributed by atoms with E-state index in [1.807, 2.05) is 10.3 Å². The molecule has 0 aliphatic carbocycles. The van der Waals surface area contributed by atoms with Crippen molar-refractivity contribution < 1.29 is 9.53 Å². The first-order valence-corrected chi connectivity index (χ1v) is 7.17. The first-order chi connectivity index (χ1) is 8.65. The fraction of sp³-hybridized carbons (Fsp3) is 0.615. The predicted octanol–water partition coefficient (Wildman–Crippen LogP) is 1.85. The zero-order valence-corrected chi connectivity index (χ0v) is 11.9. The minimum absolute atomic E-state index is 0.00806. The van der Waals surface area contributed by atoms with Crippen LogP contribution in [0.5, 0.6) is 0 Å². The normalized spacial score (nSPS) is 24.2. The number of carbonyl (C=O) groups excluding carboxylic acids is 1. The number of hydrogen-bond acceptors (Lipinski definition) is 4. The summed E-state index contributed by atoms with van der Waals surface area (Å²) in [5.41, 5.74) is 1.16. The van der Waals surface area contributed by atoms with E-state index in [9.17, 15) is 4.79 Å². The Bertz CT molecular complexity index is 392. The second-order valence-electron chi connectivity index (χ2n) is 4.87. The molecule has 0 radical (unpaired) electrons. The van der Waals surface area contributed by atoms with Crippen molar-refractivity contribution in [2.45, 2.75) is 26.1 Å². The van der Waals surface area contributed by atoms with E-state index in [0.717, 1.165) is 5.56 Å². The number of thiophene rings is 1. The van der Waals surface area contributed by atoms with E-state index in [4.69, 9.17) is 4.74 Å². The van der Waals surface area contributed by atoms with E-state index < -0.39 is 0 Å². The standard InChI is InChI=1S/C13H20N2O2S/c1-9(2)11-13(16)15(5-6-17-3)12(14-11)10-4-7-18-8-10/h4,7-9,11-12,14H,5-6H2,1-3H3. The molecule has 1 aliphatic rings. The number of carbonyl (C=O) groups is 1. The Kier molecular flexibility index (Phi) is 4.37. The van der Waals surface area contributed by atoms with Crippen LogP contribution in [-0.4, -0.2) is 37.1 Å². The molecule has 2 rings (SSSR count). The summed E-state index contributed by atoms with van der Waals surface area (Å²) >= 11 is 1.65.